The maximum atomic E-state index is 11.8. The summed E-state index contributed by atoms with van der Waals surface area (Å²) in [6.45, 7) is 4.97. The zero-order valence-electron chi connectivity index (χ0n) is 24.7. The van der Waals surface area contributed by atoms with Gasteiger partial charge in [0.25, 0.3) is 0 Å². The van der Waals surface area contributed by atoms with Crippen molar-refractivity contribution >= 4 is 10.4 Å². The molecule has 0 aliphatic carbocycles. The van der Waals surface area contributed by atoms with E-state index in [1.807, 2.05) is 0 Å². The standard InChI is InChI=1S/C32H62O4S/c1-3-5-7-9-11-13-15-17-19-21-23-25-27-29-31-35-37(33,34)36-32-30-28-26-24-22-20-18-16-14-12-10-8-6-4-2/h13-16H,3-12,17-32H2,1-2H3/b15-13-,16-14-. The minimum Gasteiger partial charge on any atom is -0.248 e. The summed E-state index contributed by atoms with van der Waals surface area (Å²) in [7, 11) is -3.83. The van der Waals surface area contributed by atoms with Crippen LogP contribution in [0.1, 0.15) is 168 Å². The first kappa shape index (κ1) is 36.4. The van der Waals surface area contributed by atoms with Gasteiger partial charge in [0.05, 0.1) is 13.2 Å². The Morgan fingerprint density at radius 2 is 0.676 bits per heavy atom. The van der Waals surface area contributed by atoms with E-state index in [-0.39, 0.29) is 13.2 Å². The molecule has 4 nitrogen and oxygen atoms in total. The highest BCUT2D eigenvalue weighted by atomic mass is 32.3. The molecule has 0 spiro atoms. The van der Waals surface area contributed by atoms with Crippen molar-refractivity contribution in [3.63, 3.8) is 0 Å². The summed E-state index contributed by atoms with van der Waals surface area (Å²) < 4.78 is 33.7. The van der Waals surface area contributed by atoms with Crippen LogP contribution in [-0.2, 0) is 18.8 Å². The van der Waals surface area contributed by atoms with Crippen molar-refractivity contribution in [2.24, 2.45) is 0 Å². The summed E-state index contributed by atoms with van der Waals surface area (Å²) in [6.07, 6.45) is 38.1. The normalized spacial score (nSPS) is 12.4. The number of hydrogen-bond donors (Lipinski definition) is 0. The minimum atomic E-state index is -3.83. The van der Waals surface area contributed by atoms with E-state index in [1.54, 1.807) is 0 Å². The quantitative estimate of drug-likeness (QED) is 0.0669. The smallest absolute Gasteiger partial charge is 0.248 e. The fourth-order valence-electron chi connectivity index (χ4n) is 4.35. The molecule has 0 saturated heterocycles. The Morgan fingerprint density at radius 1 is 0.405 bits per heavy atom. The molecule has 37 heavy (non-hydrogen) atoms. The molecule has 0 unspecified atom stereocenters. The Balaban J connectivity index is 3.37. The second-order valence-corrected chi connectivity index (χ2v) is 11.8. The molecule has 0 heterocycles. The van der Waals surface area contributed by atoms with Crippen LogP contribution in [0.2, 0.25) is 0 Å². The molecular weight excluding hydrogens is 480 g/mol. The average molecular weight is 543 g/mol. The van der Waals surface area contributed by atoms with Crippen molar-refractivity contribution < 1.29 is 16.8 Å². The molecule has 0 aliphatic heterocycles. The van der Waals surface area contributed by atoms with Crippen LogP contribution < -0.4 is 0 Å². The first-order valence-electron chi connectivity index (χ1n) is 16.0. The lowest BCUT2D eigenvalue weighted by atomic mass is 10.1. The minimum absolute atomic E-state index is 0.232. The molecule has 0 rings (SSSR count). The molecular formula is C32H62O4S. The van der Waals surface area contributed by atoms with E-state index in [0.29, 0.717) is 0 Å². The average Bonchev–Trinajstić information content (AvgIpc) is 2.88. The van der Waals surface area contributed by atoms with Crippen LogP contribution in [0.4, 0.5) is 0 Å². The van der Waals surface area contributed by atoms with Crippen molar-refractivity contribution in [3.05, 3.63) is 24.3 Å². The van der Waals surface area contributed by atoms with Crippen LogP contribution in [0.15, 0.2) is 24.3 Å². The van der Waals surface area contributed by atoms with Gasteiger partial charge < -0.3 is 0 Å². The number of unbranched alkanes of at least 4 members (excludes halogenated alkanes) is 20. The topological polar surface area (TPSA) is 52.6 Å². The van der Waals surface area contributed by atoms with Crippen LogP contribution >= 0.6 is 0 Å². The number of hydrogen-bond acceptors (Lipinski definition) is 4. The van der Waals surface area contributed by atoms with Crippen LogP contribution in [0.25, 0.3) is 0 Å². The maximum Gasteiger partial charge on any atom is 0.399 e. The summed E-state index contributed by atoms with van der Waals surface area (Å²) in [5.74, 6) is 0. The van der Waals surface area contributed by atoms with E-state index in [9.17, 15) is 8.42 Å². The van der Waals surface area contributed by atoms with E-state index in [4.69, 9.17) is 8.37 Å². The predicted molar refractivity (Wildman–Crippen MR) is 161 cm³/mol. The molecule has 0 amide bonds. The Bertz CT molecular complexity index is 552. The summed E-state index contributed by atoms with van der Waals surface area (Å²) in [4.78, 5) is 0. The van der Waals surface area contributed by atoms with E-state index >= 15 is 0 Å². The summed E-state index contributed by atoms with van der Waals surface area (Å²) in [5.41, 5.74) is 0. The van der Waals surface area contributed by atoms with Crippen LogP contribution in [0.3, 0.4) is 0 Å². The molecule has 220 valence electrons. The van der Waals surface area contributed by atoms with Crippen molar-refractivity contribution in [3.8, 4) is 0 Å². The monoisotopic (exact) mass is 542 g/mol. The molecule has 0 radical (unpaired) electrons. The molecule has 0 aromatic carbocycles. The second-order valence-electron chi connectivity index (χ2n) is 10.5. The van der Waals surface area contributed by atoms with Gasteiger partial charge in [0, 0.05) is 0 Å². The van der Waals surface area contributed by atoms with Gasteiger partial charge >= 0.3 is 10.4 Å². The lowest BCUT2D eigenvalue weighted by Gasteiger charge is -2.06. The molecule has 0 fully saturated rings. The highest BCUT2D eigenvalue weighted by Crippen LogP contribution is 2.11. The van der Waals surface area contributed by atoms with Crippen molar-refractivity contribution in [1.29, 1.82) is 0 Å². The molecule has 0 aromatic rings. The summed E-state index contributed by atoms with van der Waals surface area (Å²) >= 11 is 0. The third-order valence-electron chi connectivity index (χ3n) is 6.77. The lowest BCUT2D eigenvalue weighted by molar-refractivity contribution is 0.208. The van der Waals surface area contributed by atoms with E-state index in [1.165, 1.54) is 116 Å². The van der Waals surface area contributed by atoms with Gasteiger partial charge in [-0.15, -0.1) is 0 Å². The van der Waals surface area contributed by atoms with Crippen LogP contribution in [-0.4, -0.2) is 21.6 Å². The first-order chi connectivity index (χ1) is 18.1. The molecule has 0 aromatic heterocycles. The Labute approximate surface area is 232 Å². The van der Waals surface area contributed by atoms with Gasteiger partial charge in [0.15, 0.2) is 0 Å². The molecule has 0 aliphatic rings. The van der Waals surface area contributed by atoms with Crippen LogP contribution in [0.5, 0.6) is 0 Å². The highest BCUT2D eigenvalue weighted by molar-refractivity contribution is 7.81. The molecule has 0 atom stereocenters. The van der Waals surface area contributed by atoms with Gasteiger partial charge in [0.2, 0.25) is 0 Å². The van der Waals surface area contributed by atoms with Gasteiger partial charge in [-0.3, -0.25) is 0 Å². The zero-order valence-corrected chi connectivity index (χ0v) is 25.6. The Kier molecular flexibility index (Phi) is 29.4. The van der Waals surface area contributed by atoms with Crippen molar-refractivity contribution in [1.82, 2.24) is 0 Å². The number of allylic oxidation sites excluding steroid dienone is 4. The van der Waals surface area contributed by atoms with Crippen LogP contribution in [0, 0.1) is 0 Å². The second kappa shape index (κ2) is 29.9. The molecule has 0 saturated carbocycles. The molecule has 5 heteroatoms. The Hall–Kier alpha value is -0.650. The molecule has 0 bridgehead atoms. The SMILES string of the molecule is CCCCCC/C=C\CCCCCCCCOS(=O)(=O)OCCCCCCCC/C=C\CCCCCC. The third-order valence-corrected chi connectivity index (χ3v) is 7.68. The maximum absolute atomic E-state index is 11.8. The van der Waals surface area contributed by atoms with Gasteiger partial charge in [-0.05, 0) is 64.2 Å². The predicted octanol–water partition coefficient (Wildman–Crippen LogP) is 10.8. The Morgan fingerprint density at radius 3 is 1.00 bits per heavy atom. The van der Waals surface area contributed by atoms with Crippen molar-refractivity contribution in [2.75, 3.05) is 13.2 Å². The first-order valence-corrected chi connectivity index (χ1v) is 17.3. The zero-order chi connectivity index (χ0) is 27.1. The summed E-state index contributed by atoms with van der Waals surface area (Å²) in [5, 5.41) is 0. The van der Waals surface area contributed by atoms with Gasteiger partial charge in [0.1, 0.15) is 0 Å². The van der Waals surface area contributed by atoms with Gasteiger partial charge in [-0.2, -0.15) is 8.42 Å². The summed E-state index contributed by atoms with van der Waals surface area (Å²) in [6, 6.07) is 0. The third kappa shape index (κ3) is 31.5. The van der Waals surface area contributed by atoms with Gasteiger partial charge in [-0.25, -0.2) is 8.37 Å². The fourth-order valence-corrected chi connectivity index (χ4v) is 5.06. The van der Waals surface area contributed by atoms with Gasteiger partial charge in [-0.1, -0.05) is 128 Å². The van der Waals surface area contributed by atoms with Crippen molar-refractivity contribution in [2.45, 2.75) is 168 Å². The largest absolute Gasteiger partial charge is 0.399 e. The molecule has 0 N–H and O–H groups in total. The van der Waals surface area contributed by atoms with E-state index in [2.05, 4.69) is 38.2 Å². The fraction of sp³-hybridized carbons (Fsp3) is 0.875. The number of rotatable bonds is 30. The highest BCUT2D eigenvalue weighted by Gasteiger charge is 2.11. The van der Waals surface area contributed by atoms with E-state index in [0.717, 1.165) is 38.5 Å². The van der Waals surface area contributed by atoms with E-state index < -0.39 is 10.4 Å². The lowest BCUT2D eigenvalue weighted by Crippen LogP contribution is -2.12.